The first kappa shape index (κ1) is 13.6. The highest BCUT2D eigenvalue weighted by molar-refractivity contribution is 6.58. The van der Waals surface area contributed by atoms with E-state index in [4.69, 9.17) is 19.9 Å². The largest absolute Gasteiger partial charge is 0.489 e. The Hall–Kier alpha value is -1.82. The van der Waals surface area contributed by atoms with Gasteiger partial charge in [-0.15, -0.1) is 0 Å². The first-order valence-corrected chi connectivity index (χ1v) is 5.96. The van der Waals surface area contributed by atoms with Crippen molar-refractivity contribution < 1.29 is 19.9 Å². The van der Waals surface area contributed by atoms with Crippen LogP contribution in [0.4, 0.5) is 0 Å². The number of rotatable bonds is 5. The lowest BCUT2D eigenvalue weighted by Gasteiger charge is -2.08. The van der Waals surface area contributed by atoms with E-state index in [2.05, 4.69) is 0 Å². The predicted molar refractivity (Wildman–Crippen MR) is 73.0 cm³/mol. The zero-order valence-corrected chi connectivity index (χ0v) is 10.4. The molecule has 0 amide bonds. The van der Waals surface area contributed by atoms with Crippen LogP contribution in [0.15, 0.2) is 48.5 Å². The van der Waals surface area contributed by atoms with Crippen molar-refractivity contribution in [2.75, 3.05) is 0 Å². The van der Waals surface area contributed by atoms with Crippen LogP contribution in [0.3, 0.4) is 0 Å². The number of hydrogen-bond acceptors (Lipinski definition) is 4. The molecule has 2 aromatic rings. The van der Waals surface area contributed by atoms with E-state index in [-0.39, 0.29) is 6.61 Å². The first-order valence-electron chi connectivity index (χ1n) is 5.96. The third-order valence-electron chi connectivity index (χ3n) is 2.74. The normalized spacial score (nSPS) is 10.3. The number of hydrogen-bond donors (Lipinski definition) is 3. The maximum atomic E-state index is 9.07. The van der Waals surface area contributed by atoms with Crippen LogP contribution in [0.5, 0.6) is 5.75 Å². The fourth-order valence-corrected chi connectivity index (χ4v) is 1.75. The molecule has 2 aromatic carbocycles. The molecule has 98 valence electrons. The Labute approximate surface area is 112 Å². The highest BCUT2D eigenvalue weighted by Gasteiger charge is 2.11. The predicted octanol–water partition coefficient (Wildman–Crippen LogP) is 0.438. The Morgan fingerprint density at radius 3 is 2.42 bits per heavy atom. The minimum absolute atomic E-state index is 0.0000297. The molecule has 0 aliphatic carbocycles. The second-order valence-corrected chi connectivity index (χ2v) is 4.21. The van der Waals surface area contributed by atoms with E-state index in [0.29, 0.717) is 17.8 Å². The van der Waals surface area contributed by atoms with Crippen LogP contribution in [0, 0.1) is 0 Å². The zero-order valence-electron chi connectivity index (χ0n) is 10.4. The summed E-state index contributed by atoms with van der Waals surface area (Å²) in [6.07, 6.45) is 0. The molecule has 0 aliphatic heterocycles. The summed E-state index contributed by atoms with van der Waals surface area (Å²) in [6, 6.07) is 14.1. The van der Waals surface area contributed by atoms with Gasteiger partial charge in [-0.25, -0.2) is 0 Å². The van der Waals surface area contributed by atoms with E-state index in [0.717, 1.165) is 11.1 Å². The lowest BCUT2D eigenvalue weighted by atomic mass is 9.80. The highest BCUT2D eigenvalue weighted by Crippen LogP contribution is 2.12. The molecule has 0 unspecified atom stereocenters. The number of aliphatic hydroxyl groups excluding tert-OH is 1. The van der Waals surface area contributed by atoms with Crippen molar-refractivity contribution in [2.45, 2.75) is 13.2 Å². The van der Waals surface area contributed by atoms with Gasteiger partial charge in [0.1, 0.15) is 12.4 Å². The monoisotopic (exact) mass is 258 g/mol. The van der Waals surface area contributed by atoms with Gasteiger partial charge >= 0.3 is 7.12 Å². The van der Waals surface area contributed by atoms with E-state index in [1.54, 1.807) is 24.3 Å². The number of benzene rings is 2. The van der Waals surface area contributed by atoms with E-state index in [1.807, 2.05) is 24.3 Å². The van der Waals surface area contributed by atoms with Gasteiger partial charge < -0.3 is 19.9 Å². The maximum Gasteiger partial charge on any atom is 0.488 e. The number of ether oxygens (including phenoxy) is 1. The zero-order chi connectivity index (χ0) is 13.7. The molecule has 3 N–H and O–H groups in total. The fraction of sp³-hybridized carbons (Fsp3) is 0.143. The van der Waals surface area contributed by atoms with Crippen LogP contribution >= 0.6 is 0 Å². The third-order valence-corrected chi connectivity index (χ3v) is 2.74. The van der Waals surface area contributed by atoms with Gasteiger partial charge in [-0.3, -0.25) is 0 Å². The van der Waals surface area contributed by atoms with Crippen molar-refractivity contribution in [1.82, 2.24) is 0 Å². The molecule has 19 heavy (non-hydrogen) atoms. The standard InChI is InChI=1S/C14H15BO4/c16-9-11-3-1-4-12(7-11)10-19-14-6-2-5-13(8-14)15(17)18/h1-8,16-18H,9-10H2. The molecule has 0 bridgehead atoms. The lowest BCUT2D eigenvalue weighted by molar-refractivity contribution is 0.280. The molecule has 4 nitrogen and oxygen atoms in total. The van der Waals surface area contributed by atoms with Gasteiger partial charge in [0.25, 0.3) is 0 Å². The van der Waals surface area contributed by atoms with Crippen LogP contribution in [0.25, 0.3) is 0 Å². The van der Waals surface area contributed by atoms with Crippen molar-refractivity contribution in [1.29, 1.82) is 0 Å². The van der Waals surface area contributed by atoms with E-state index >= 15 is 0 Å². The van der Waals surface area contributed by atoms with Crippen molar-refractivity contribution in [3.05, 3.63) is 59.7 Å². The molecule has 0 saturated heterocycles. The van der Waals surface area contributed by atoms with Crippen molar-refractivity contribution in [3.8, 4) is 5.75 Å². The maximum absolute atomic E-state index is 9.07. The Morgan fingerprint density at radius 2 is 1.68 bits per heavy atom. The molecule has 0 heterocycles. The average molecular weight is 258 g/mol. The Kier molecular flexibility index (Phi) is 4.57. The van der Waals surface area contributed by atoms with Gasteiger partial charge in [0.15, 0.2) is 0 Å². The summed E-state index contributed by atoms with van der Waals surface area (Å²) in [6.45, 7) is 0.360. The third kappa shape index (κ3) is 3.82. The van der Waals surface area contributed by atoms with E-state index in [1.165, 1.54) is 0 Å². The second kappa shape index (κ2) is 6.38. The topological polar surface area (TPSA) is 69.9 Å². The van der Waals surface area contributed by atoms with Crippen LogP contribution in [-0.2, 0) is 13.2 Å². The van der Waals surface area contributed by atoms with Gasteiger partial charge in [-0.1, -0.05) is 36.4 Å². The summed E-state index contributed by atoms with van der Waals surface area (Å²) in [7, 11) is -1.50. The fourth-order valence-electron chi connectivity index (χ4n) is 1.75. The summed E-state index contributed by atoms with van der Waals surface area (Å²) < 4.78 is 5.58. The molecule has 0 fully saturated rings. The molecule has 0 aromatic heterocycles. The molecule has 2 rings (SSSR count). The van der Waals surface area contributed by atoms with Crippen molar-refractivity contribution in [2.24, 2.45) is 0 Å². The molecule has 0 spiro atoms. The summed E-state index contributed by atoms with van der Waals surface area (Å²) in [5.41, 5.74) is 2.17. The second-order valence-electron chi connectivity index (χ2n) is 4.21. The molecule has 0 aliphatic rings. The highest BCUT2D eigenvalue weighted by atomic mass is 16.5. The summed E-state index contributed by atoms with van der Waals surface area (Å²) >= 11 is 0. The smallest absolute Gasteiger partial charge is 0.488 e. The lowest BCUT2D eigenvalue weighted by Crippen LogP contribution is -2.29. The molecule has 0 atom stereocenters. The molecular formula is C14H15BO4. The number of aliphatic hydroxyl groups is 1. The van der Waals surface area contributed by atoms with Gasteiger partial charge in [0, 0.05) is 0 Å². The summed E-state index contributed by atoms with van der Waals surface area (Å²) in [4.78, 5) is 0. The van der Waals surface area contributed by atoms with E-state index in [9.17, 15) is 0 Å². The molecular weight excluding hydrogens is 243 g/mol. The first-order chi connectivity index (χ1) is 9.19. The molecule has 0 saturated carbocycles. The Morgan fingerprint density at radius 1 is 0.947 bits per heavy atom. The minimum Gasteiger partial charge on any atom is -0.489 e. The summed E-state index contributed by atoms with van der Waals surface area (Å²) in [5.74, 6) is 0.569. The van der Waals surface area contributed by atoms with E-state index < -0.39 is 7.12 Å². The van der Waals surface area contributed by atoms with Crippen LogP contribution in [-0.4, -0.2) is 22.3 Å². The molecule has 0 radical (unpaired) electrons. The minimum atomic E-state index is -1.50. The van der Waals surface area contributed by atoms with Gasteiger partial charge in [-0.2, -0.15) is 0 Å². The van der Waals surface area contributed by atoms with Crippen molar-refractivity contribution in [3.63, 3.8) is 0 Å². The average Bonchev–Trinajstić information content (AvgIpc) is 2.45. The quantitative estimate of drug-likeness (QED) is 0.680. The molecule has 5 heteroatoms. The van der Waals surface area contributed by atoms with Gasteiger partial charge in [-0.05, 0) is 28.7 Å². The van der Waals surface area contributed by atoms with Crippen LogP contribution < -0.4 is 10.2 Å². The Bertz CT molecular complexity index is 542. The van der Waals surface area contributed by atoms with Crippen molar-refractivity contribution >= 4 is 12.6 Å². The Balaban J connectivity index is 2.03. The van der Waals surface area contributed by atoms with Crippen LogP contribution in [0.1, 0.15) is 11.1 Å². The van der Waals surface area contributed by atoms with Gasteiger partial charge in [0.05, 0.1) is 6.61 Å². The summed E-state index contributed by atoms with van der Waals surface area (Å²) in [5, 5.41) is 27.2. The van der Waals surface area contributed by atoms with Gasteiger partial charge in [0.2, 0.25) is 0 Å². The SMILES string of the molecule is OCc1cccc(COc2cccc(B(O)O)c2)c1. The van der Waals surface area contributed by atoms with Crippen LogP contribution in [0.2, 0.25) is 0 Å².